The van der Waals surface area contributed by atoms with E-state index in [0.717, 1.165) is 40.6 Å². The van der Waals surface area contributed by atoms with Crippen molar-refractivity contribution in [3.8, 4) is 5.75 Å². The predicted octanol–water partition coefficient (Wildman–Crippen LogP) is 4.58. The van der Waals surface area contributed by atoms with Crippen LogP contribution in [0.1, 0.15) is 13.3 Å². The number of H-pyrrole nitrogens is 1. The first-order valence-electron chi connectivity index (χ1n) is 8.86. The molecular weight excluding hydrogens is 378 g/mol. The van der Waals surface area contributed by atoms with Crippen molar-refractivity contribution in [2.45, 2.75) is 28.6 Å². The molecule has 2 heterocycles. The maximum Gasteiger partial charge on any atom is 0.237 e. The topological polar surface area (TPSA) is 58.2 Å². The molecule has 1 aliphatic rings. The third-order valence-corrected chi connectivity index (χ3v) is 6.64. The van der Waals surface area contributed by atoms with Gasteiger partial charge in [-0.2, -0.15) is 0 Å². The summed E-state index contributed by atoms with van der Waals surface area (Å²) < 4.78 is 5.25. The Morgan fingerprint density at radius 2 is 2.22 bits per heavy atom. The minimum absolute atomic E-state index is 0.111. The second kappa shape index (κ2) is 7.86. The number of nitrogens with one attached hydrogen (secondary N) is 1. The molecule has 0 saturated carbocycles. The number of fused-ring (bicyclic) bond motifs is 2. The highest BCUT2D eigenvalue weighted by Crippen LogP contribution is 2.37. The van der Waals surface area contributed by atoms with Gasteiger partial charge < -0.3 is 14.6 Å². The van der Waals surface area contributed by atoms with Crippen LogP contribution in [0.25, 0.3) is 11.0 Å². The van der Waals surface area contributed by atoms with Crippen LogP contribution >= 0.6 is 23.5 Å². The standard InChI is InChI=1S/C20H21N3O2S2/c1-13-9-10-23(17-5-3-4-6-18(17)27-13)19(24)12-26-20-21-15-8-7-14(25-2)11-16(15)22-20/h3-8,11,13H,9-10,12H2,1-2H3,(H,21,22). The zero-order chi connectivity index (χ0) is 18.8. The number of methoxy groups -OCH3 is 1. The Morgan fingerprint density at radius 1 is 1.37 bits per heavy atom. The van der Waals surface area contributed by atoms with Crippen LogP contribution in [0.3, 0.4) is 0 Å². The molecule has 3 aromatic rings. The van der Waals surface area contributed by atoms with Crippen LogP contribution in [0.4, 0.5) is 5.69 Å². The van der Waals surface area contributed by atoms with Gasteiger partial charge in [-0.1, -0.05) is 30.8 Å². The number of hydrogen-bond acceptors (Lipinski definition) is 5. The molecule has 1 amide bonds. The summed E-state index contributed by atoms with van der Waals surface area (Å²) in [4.78, 5) is 23.9. The lowest BCUT2D eigenvalue weighted by Gasteiger charge is -2.22. The molecule has 0 aliphatic carbocycles. The van der Waals surface area contributed by atoms with E-state index in [1.165, 1.54) is 16.7 Å². The lowest BCUT2D eigenvalue weighted by atomic mass is 10.2. The van der Waals surface area contributed by atoms with E-state index >= 15 is 0 Å². The minimum atomic E-state index is 0.111. The van der Waals surface area contributed by atoms with E-state index in [-0.39, 0.29) is 5.91 Å². The smallest absolute Gasteiger partial charge is 0.237 e. The number of aromatic amines is 1. The quantitative estimate of drug-likeness (QED) is 0.651. The van der Waals surface area contributed by atoms with Gasteiger partial charge in [-0.05, 0) is 30.7 Å². The summed E-state index contributed by atoms with van der Waals surface area (Å²) in [6, 6.07) is 13.9. The first-order chi connectivity index (χ1) is 13.1. The SMILES string of the molecule is COc1ccc2nc(SCC(=O)N3CCC(C)Sc4ccccc43)[nH]c2c1. The number of anilines is 1. The van der Waals surface area contributed by atoms with Crippen LogP contribution in [-0.2, 0) is 4.79 Å². The average molecular weight is 400 g/mol. The Kier molecular flexibility index (Phi) is 5.31. The molecule has 4 rings (SSSR count). The highest BCUT2D eigenvalue weighted by molar-refractivity contribution is 8.00. The normalized spacial score (nSPS) is 16.8. The van der Waals surface area contributed by atoms with Crippen molar-refractivity contribution < 1.29 is 9.53 Å². The second-order valence-corrected chi connectivity index (χ2v) is 8.89. The van der Waals surface area contributed by atoms with Crippen molar-refractivity contribution in [2.75, 3.05) is 24.3 Å². The number of benzene rings is 2. The number of aromatic nitrogens is 2. The third kappa shape index (κ3) is 3.94. The largest absolute Gasteiger partial charge is 0.497 e. The van der Waals surface area contributed by atoms with Crippen molar-refractivity contribution in [2.24, 2.45) is 0 Å². The van der Waals surface area contributed by atoms with Gasteiger partial charge in [0, 0.05) is 22.8 Å². The summed E-state index contributed by atoms with van der Waals surface area (Å²) in [5.41, 5.74) is 2.80. The molecule has 0 radical (unpaired) electrons. The molecule has 140 valence electrons. The molecule has 0 fully saturated rings. The summed E-state index contributed by atoms with van der Waals surface area (Å²) in [6.07, 6.45) is 0.986. The molecule has 1 atom stereocenters. The number of imidazole rings is 1. The summed E-state index contributed by atoms with van der Waals surface area (Å²) >= 11 is 3.28. The van der Waals surface area contributed by atoms with Crippen molar-refractivity contribution in [1.29, 1.82) is 0 Å². The molecule has 1 unspecified atom stereocenters. The first kappa shape index (κ1) is 18.3. The number of hydrogen-bond donors (Lipinski definition) is 1. The highest BCUT2D eigenvalue weighted by Gasteiger charge is 2.24. The van der Waals surface area contributed by atoms with Crippen LogP contribution in [0.2, 0.25) is 0 Å². The fraction of sp³-hybridized carbons (Fsp3) is 0.300. The number of carbonyl (C=O) groups excluding carboxylic acids is 1. The Balaban J connectivity index is 1.49. The van der Waals surface area contributed by atoms with Crippen LogP contribution in [0, 0.1) is 0 Å². The van der Waals surface area contributed by atoms with E-state index in [2.05, 4.69) is 23.0 Å². The molecule has 0 bridgehead atoms. The molecule has 0 spiro atoms. The lowest BCUT2D eigenvalue weighted by molar-refractivity contribution is -0.116. The molecule has 2 aromatic carbocycles. The van der Waals surface area contributed by atoms with E-state index in [1.54, 1.807) is 7.11 Å². The highest BCUT2D eigenvalue weighted by atomic mass is 32.2. The monoisotopic (exact) mass is 399 g/mol. The molecule has 1 aliphatic heterocycles. The van der Waals surface area contributed by atoms with Gasteiger partial charge in [0.25, 0.3) is 0 Å². The predicted molar refractivity (Wildman–Crippen MR) is 112 cm³/mol. The summed E-state index contributed by atoms with van der Waals surface area (Å²) in [5.74, 6) is 1.25. The summed E-state index contributed by atoms with van der Waals surface area (Å²) in [6.45, 7) is 2.97. The Hall–Kier alpha value is -2.12. The fourth-order valence-electron chi connectivity index (χ4n) is 3.11. The van der Waals surface area contributed by atoms with Crippen LogP contribution in [0.15, 0.2) is 52.5 Å². The molecule has 1 N–H and O–H groups in total. The van der Waals surface area contributed by atoms with Gasteiger partial charge in [0.2, 0.25) is 5.91 Å². The third-order valence-electron chi connectivity index (χ3n) is 4.54. The Labute approximate surface area is 166 Å². The van der Waals surface area contributed by atoms with Gasteiger partial charge in [-0.25, -0.2) is 4.98 Å². The van der Waals surface area contributed by atoms with E-state index in [9.17, 15) is 4.79 Å². The maximum absolute atomic E-state index is 12.9. The summed E-state index contributed by atoms with van der Waals surface area (Å²) in [7, 11) is 1.64. The Bertz CT molecular complexity index is 973. The van der Waals surface area contributed by atoms with E-state index in [1.807, 2.05) is 53.1 Å². The van der Waals surface area contributed by atoms with E-state index in [4.69, 9.17) is 4.74 Å². The second-order valence-electron chi connectivity index (χ2n) is 6.44. The van der Waals surface area contributed by atoms with Crippen molar-refractivity contribution in [3.63, 3.8) is 0 Å². The zero-order valence-electron chi connectivity index (χ0n) is 15.3. The number of ether oxygens (including phenoxy) is 1. The van der Waals surface area contributed by atoms with Crippen molar-refractivity contribution >= 4 is 46.2 Å². The number of carbonyl (C=O) groups is 1. The average Bonchev–Trinajstić information content (AvgIpc) is 3.01. The summed E-state index contributed by atoms with van der Waals surface area (Å²) in [5, 5.41) is 1.25. The van der Waals surface area contributed by atoms with Crippen molar-refractivity contribution in [3.05, 3.63) is 42.5 Å². The van der Waals surface area contributed by atoms with Crippen LogP contribution < -0.4 is 9.64 Å². The van der Waals surface area contributed by atoms with E-state index in [0.29, 0.717) is 11.0 Å². The number of para-hydroxylation sites is 1. The van der Waals surface area contributed by atoms with E-state index < -0.39 is 0 Å². The van der Waals surface area contributed by atoms with Crippen molar-refractivity contribution in [1.82, 2.24) is 9.97 Å². The number of thioether (sulfide) groups is 2. The van der Waals surface area contributed by atoms with Gasteiger partial charge >= 0.3 is 0 Å². The molecular formula is C20H21N3O2S2. The molecule has 7 heteroatoms. The van der Waals surface area contributed by atoms with Gasteiger partial charge in [0.05, 0.1) is 29.6 Å². The fourth-order valence-corrected chi connectivity index (χ4v) is 4.99. The molecule has 27 heavy (non-hydrogen) atoms. The van der Waals surface area contributed by atoms with Crippen LogP contribution in [0.5, 0.6) is 5.75 Å². The first-order valence-corrected chi connectivity index (χ1v) is 10.7. The number of nitrogens with zero attached hydrogens (tertiary/aromatic N) is 2. The molecule has 1 aromatic heterocycles. The van der Waals surface area contributed by atoms with Gasteiger partial charge in [0.15, 0.2) is 5.16 Å². The molecule has 5 nitrogen and oxygen atoms in total. The number of rotatable bonds is 4. The molecule has 0 saturated heterocycles. The lowest BCUT2D eigenvalue weighted by Crippen LogP contribution is -2.33. The van der Waals surface area contributed by atoms with Gasteiger partial charge in [-0.3, -0.25) is 4.79 Å². The zero-order valence-corrected chi connectivity index (χ0v) is 16.9. The van der Waals surface area contributed by atoms with Gasteiger partial charge in [-0.15, -0.1) is 11.8 Å². The minimum Gasteiger partial charge on any atom is -0.497 e. The number of amides is 1. The maximum atomic E-state index is 12.9. The van der Waals surface area contributed by atoms with Crippen LogP contribution in [-0.4, -0.2) is 40.5 Å². The van der Waals surface area contributed by atoms with Gasteiger partial charge in [0.1, 0.15) is 5.75 Å². The Morgan fingerprint density at radius 3 is 3.07 bits per heavy atom.